The maximum atomic E-state index is 12.2. The van der Waals surface area contributed by atoms with E-state index >= 15 is 0 Å². The van der Waals surface area contributed by atoms with Crippen LogP contribution in [0.2, 0.25) is 5.02 Å². The molecule has 5 nitrogen and oxygen atoms in total. The van der Waals surface area contributed by atoms with Gasteiger partial charge in [-0.25, -0.2) is 4.68 Å². The first-order valence-corrected chi connectivity index (χ1v) is 7.80. The molecule has 6 heteroatoms. The highest BCUT2D eigenvalue weighted by atomic mass is 35.5. The van der Waals surface area contributed by atoms with E-state index in [1.165, 1.54) is 4.68 Å². The lowest BCUT2D eigenvalue weighted by Gasteiger charge is -2.32. The second-order valence-corrected chi connectivity index (χ2v) is 7.12. The highest BCUT2D eigenvalue weighted by molar-refractivity contribution is 6.32. The van der Waals surface area contributed by atoms with Crippen molar-refractivity contribution < 1.29 is 0 Å². The van der Waals surface area contributed by atoms with E-state index in [9.17, 15) is 4.79 Å². The Hall–Kier alpha value is -1.07. The van der Waals surface area contributed by atoms with Gasteiger partial charge in [-0.05, 0) is 25.2 Å². The van der Waals surface area contributed by atoms with Gasteiger partial charge in [0.1, 0.15) is 5.02 Å². The number of nitrogens with one attached hydrogen (secondary N) is 1. The van der Waals surface area contributed by atoms with Crippen LogP contribution in [0.3, 0.4) is 0 Å². The molecule has 1 heterocycles. The van der Waals surface area contributed by atoms with Crippen LogP contribution in [0, 0.1) is 11.8 Å². The molecule has 3 N–H and O–H groups in total. The molecule has 0 amide bonds. The average molecular weight is 315 g/mol. The minimum absolute atomic E-state index is 0.175. The second-order valence-electron chi connectivity index (χ2n) is 6.74. The number of aromatic nitrogens is 2. The van der Waals surface area contributed by atoms with Gasteiger partial charge in [0.15, 0.2) is 0 Å². The summed E-state index contributed by atoms with van der Waals surface area (Å²) < 4.78 is 1.40. The molecule has 1 atom stereocenters. The van der Waals surface area contributed by atoms with Crippen LogP contribution >= 0.6 is 11.6 Å². The smallest absolute Gasteiger partial charge is 0.287 e. The van der Waals surface area contributed by atoms with Crippen molar-refractivity contribution >= 4 is 17.3 Å². The van der Waals surface area contributed by atoms with Crippen molar-refractivity contribution in [2.75, 3.05) is 11.9 Å². The fourth-order valence-corrected chi connectivity index (χ4v) is 2.63. The quantitative estimate of drug-likeness (QED) is 0.811. The molecule has 1 aromatic heterocycles. The number of hydrogen-bond donors (Lipinski definition) is 2. The first kappa shape index (κ1) is 18.0. The van der Waals surface area contributed by atoms with Gasteiger partial charge in [-0.15, -0.1) is 0 Å². The fourth-order valence-electron chi connectivity index (χ4n) is 2.44. The summed E-state index contributed by atoms with van der Waals surface area (Å²) in [5.41, 5.74) is 5.86. The molecule has 0 aliphatic heterocycles. The van der Waals surface area contributed by atoms with E-state index < -0.39 is 0 Å². The molecule has 21 heavy (non-hydrogen) atoms. The molecule has 1 unspecified atom stereocenters. The van der Waals surface area contributed by atoms with Crippen LogP contribution in [0.25, 0.3) is 0 Å². The van der Waals surface area contributed by atoms with Crippen molar-refractivity contribution in [3.63, 3.8) is 0 Å². The molecule has 1 aromatic rings. The molecular weight excluding hydrogens is 288 g/mol. The second kappa shape index (κ2) is 7.27. The van der Waals surface area contributed by atoms with E-state index in [0.29, 0.717) is 30.6 Å². The van der Waals surface area contributed by atoms with E-state index in [1.807, 2.05) is 20.8 Å². The molecule has 0 aliphatic carbocycles. The Labute approximate surface area is 131 Å². The predicted octanol–water partition coefficient (Wildman–Crippen LogP) is 2.73. The van der Waals surface area contributed by atoms with E-state index in [4.69, 9.17) is 17.3 Å². The zero-order chi connectivity index (χ0) is 16.2. The first-order valence-electron chi connectivity index (χ1n) is 7.42. The van der Waals surface area contributed by atoms with Crippen LogP contribution in [0.4, 0.5) is 5.69 Å². The number of nitrogens with zero attached hydrogens (tertiary/aromatic N) is 2. The summed E-state index contributed by atoms with van der Waals surface area (Å²) in [5.74, 6) is 0.819. The molecule has 120 valence electrons. The third-order valence-electron chi connectivity index (χ3n) is 3.27. The fraction of sp³-hybridized carbons (Fsp3) is 0.733. The molecule has 0 spiro atoms. The summed E-state index contributed by atoms with van der Waals surface area (Å²) >= 11 is 6.20. The lowest BCUT2D eigenvalue weighted by Crippen LogP contribution is -2.44. The van der Waals surface area contributed by atoms with Gasteiger partial charge in [-0.1, -0.05) is 39.3 Å². The molecule has 0 saturated carbocycles. The predicted molar refractivity (Wildman–Crippen MR) is 88.9 cm³/mol. The lowest BCUT2D eigenvalue weighted by molar-refractivity contribution is 0.406. The molecule has 0 radical (unpaired) electrons. The molecule has 0 aromatic carbocycles. The summed E-state index contributed by atoms with van der Waals surface area (Å²) in [6, 6.07) is 0. The van der Waals surface area contributed by atoms with Crippen molar-refractivity contribution in [3.8, 4) is 0 Å². The zero-order valence-electron chi connectivity index (χ0n) is 13.6. The topological polar surface area (TPSA) is 72.9 Å². The molecule has 0 bridgehead atoms. The van der Waals surface area contributed by atoms with Gasteiger partial charge in [0.25, 0.3) is 5.56 Å². The largest absolute Gasteiger partial charge is 0.376 e. The standard InChI is InChI=1S/C15H27ClN4O/c1-10(2)6-15(5,9-17)19-12-7-18-20(8-11(3)4)14(21)13(12)16/h7,10-11,19H,6,8-9,17H2,1-5H3. The van der Waals surface area contributed by atoms with Crippen LogP contribution in [0.5, 0.6) is 0 Å². The number of nitrogens with two attached hydrogens (primary N) is 1. The SMILES string of the molecule is CC(C)Cn1ncc(NC(C)(CN)CC(C)C)c(Cl)c1=O. The minimum atomic E-state index is -0.309. The maximum Gasteiger partial charge on any atom is 0.287 e. The minimum Gasteiger partial charge on any atom is -0.376 e. The molecular formula is C15H27ClN4O. The van der Waals surface area contributed by atoms with E-state index in [-0.39, 0.29) is 16.1 Å². The Kier molecular flexibility index (Phi) is 6.23. The van der Waals surface area contributed by atoms with Gasteiger partial charge in [0, 0.05) is 18.6 Å². The Balaban J connectivity index is 3.04. The van der Waals surface area contributed by atoms with Gasteiger partial charge in [-0.3, -0.25) is 4.79 Å². The van der Waals surface area contributed by atoms with E-state index in [1.54, 1.807) is 6.20 Å². The van der Waals surface area contributed by atoms with Crippen LogP contribution in [-0.2, 0) is 6.54 Å². The molecule has 0 fully saturated rings. The third kappa shape index (κ3) is 5.00. The maximum absolute atomic E-state index is 12.2. The normalized spacial score (nSPS) is 14.5. The molecule has 0 saturated heterocycles. The van der Waals surface area contributed by atoms with Crippen molar-refractivity contribution in [2.45, 2.75) is 53.1 Å². The Morgan fingerprint density at radius 1 is 1.38 bits per heavy atom. The average Bonchev–Trinajstić information content (AvgIpc) is 2.37. The number of anilines is 1. The van der Waals surface area contributed by atoms with Crippen molar-refractivity contribution in [1.82, 2.24) is 9.78 Å². The number of halogens is 1. The zero-order valence-corrected chi connectivity index (χ0v) is 14.4. The van der Waals surface area contributed by atoms with Crippen molar-refractivity contribution in [3.05, 3.63) is 21.6 Å². The Bertz CT molecular complexity index is 527. The van der Waals surface area contributed by atoms with Gasteiger partial charge in [0.2, 0.25) is 0 Å². The molecule has 0 aliphatic rings. The Morgan fingerprint density at radius 3 is 2.48 bits per heavy atom. The van der Waals surface area contributed by atoms with Crippen LogP contribution < -0.4 is 16.6 Å². The van der Waals surface area contributed by atoms with Gasteiger partial charge in [0.05, 0.1) is 11.9 Å². The summed E-state index contributed by atoms with van der Waals surface area (Å²) in [7, 11) is 0. The summed E-state index contributed by atoms with van der Waals surface area (Å²) in [6.07, 6.45) is 2.50. The highest BCUT2D eigenvalue weighted by Gasteiger charge is 2.25. The number of rotatable bonds is 7. The van der Waals surface area contributed by atoms with Crippen molar-refractivity contribution in [2.24, 2.45) is 17.6 Å². The lowest BCUT2D eigenvalue weighted by atomic mass is 9.90. The Morgan fingerprint density at radius 2 is 2.00 bits per heavy atom. The number of hydrogen-bond acceptors (Lipinski definition) is 4. The summed E-state index contributed by atoms with van der Waals surface area (Å²) in [6.45, 7) is 11.4. The monoisotopic (exact) mass is 314 g/mol. The first-order chi connectivity index (χ1) is 9.68. The summed E-state index contributed by atoms with van der Waals surface area (Å²) in [4.78, 5) is 12.2. The van der Waals surface area contributed by atoms with Gasteiger partial charge < -0.3 is 11.1 Å². The van der Waals surface area contributed by atoms with Crippen molar-refractivity contribution in [1.29, 1.82) is 0 Å². The van der Waals surface area contributed by atoms with Crippen LogP contribution in [0.15, 0.2) is 11.0 Å². The van der Waals surface area contributed by atoms with Gasteiger partial charge in [-0.2, -0.15) is 5.10 Å². The summed E-state index contributed by atoms with van der Waals surface area (Å²) in [5, 5.41) is 7.66. The third-order valence-corrected chi connectivity index (χ3v) is 3.63. The molecule has 1 rings (SSSR count). The van der Waals surface area contributed by atoms with E-state index in [0.717, 1.165) is 6.42 Å². The van der Waals surface area contributed by atoms with E-state index in [2.05, 4.69) is 24.3 Å². The highest BCUT2D eigenvalue weighted by Crippen LogP contribution is 2.24. The van der Waals surface area contributed by atoms with Gasteiger partial charge >= 0.3 is 0 Å². The van der Waals surface area contributed by atoms with Crippen LogP contribution in [0.1, 0.15) is 41.0 Å². The van der Waals surface area contributed by atoms with Crippen LogP contribution in [-0.4, -0.2) is 21.9 Å².